The van der Waals surface area contributed by atoms with Crippen molar-refractivity contribution in [1.82, 2.24) is 0 Å². The summed E-state index contributed by atoms with van der Waals surface area (Å²) in [5.74, 6) is 0. The number of fused-ring (bicyclic) bond motifs is 4. The molecule has 0 saturated carbocycles. The smallest absolute Gasteiger partial charge is 0.0476 e. The molecular formula is C46H31NS. The summed E-state index contributed by atoms with van der Waals surface area (Å²) < 4.78 is 2.59. The Kier molecular flexibility index (Phi) is 7.07. The van der Waals surface area contributed by atoms with E-state index in [-0.39, 0.29) is 0 Å². The third kappa shape index (κ3) is 5.04. The van der Waals surface area contributed by atoms with E-state index in [9.17, 15) is 0 Å². The van der Waals surface area contributed by atoms with E-state index in [2.05, 4.69) is 193 Å². The molecule has 0 unspecified atom stereocenters. The molecule has 9 aromatic rings. The molecule has 0 atom stereocenters. The van der Waals surface area contributed by atoms with Crippen molar-refractivity contribution in [3.63, 3.8) is 0 Å². The fraction of sp³-hybridized carbons (Fsp3) is 0. The van der Waals surface area contributed by atoms with Crippen LogP contribution in [0.15, 0.2) is 188 Å². The Morgan fingerprint density at radius 3 is 1.48 bits per heavy atom. The molecule has 0 amide bonds. The molecule has 1 nitrogen and oxygen atoms in total. The Morgan fingerprint density at radius 2 is 0.854 bits per heavy atom. The second-order valence-corrected chi connectivity index (χ2v) is 13.2. The van der Waals surface area contributed by atoms with Gasteiger partial charge in [0.15, 0.2) is 0 Å². The SMILES string of the molecule is c1ccc(-c2cccc(N(c3cccc(-c4ccccc4)c3)c3ccc4c(c3)sc3cc5ccccc5c(-c5ccccc5)c34)c2)cc1. The molecule has 0 radical (unpaired) electrons. The molecule has 0 fully saturated rings. The first-order valence-corrected chi connectivity index (χ1v) is 17.2. The Hall–Kier alpha value is -5.96. The maximum Gasteiger partial charge on any atom is 0.0476 e. The predicted octanol–water partition coefficient (Wildman–Crippen LogP) is 13.7. The van der Waals surface area contributed by atoms with E-state index in [1.165, 1.54) is 64.3 Å². The topological polar surface area (TPSA) is 3.24 Å². The first-order valence-electron chi connectivity index (χ1n) is 16.3. The molecule has 0 N–H and O–H groups in total. The summed E-state index contributed by atoms with van der Waals surface area (Å²) in [5, 5.41) is 5.18. The fourth-order valence-electron chi connectivity index (χ4n) is 6.99. The molecule has 0 aliphatic heterocycles. The fourth-order valence-corrected chi connectivity index (χ4v) is 8.19. The highest BCUT2D eigenvalue weighted by atomic mass is 32.1. The summed E-state index contributed by atoms with van der Waals surface area (Å²) in [4.78, 5) is 2.40. The maximum atomic E-state index is 2.40. The molecule has 0 bridgehead atoms. The van der Waals surface area contributed by atoms with Crippen molar-refractivity contribution in [3.05, 3.63) is 188 Å². The van der Waals surface area contributed by atoms with E-state index < -0.39 is 0 Å². The lowest BCUT2D eigenvalue weighted by atomic mass is 9.93. The Balaban J connectivity index is 1.26. The molecule has 2 heteroatoms. The molecule has 9 rings (SSSR count). The third-order valence-corrected chi connectivity index (χ3v) is 10.3. The van der Waals surface area contributed by atoms with Gasteiger partial charge in [0, 0.05) is 37.2 Å². The summed E-state index contributed by atoms with van der Waals surface area (Å²) in [6.45, 7) is 0. The Morgan fingerprint density at radius 1 is 0.333 bits per heavy atom. The zero-order valence-electron chi connectivity index (χ0n) is 26.3. The van der Waals surface area contributed by atoms with Gasteiger partial charge >= 0.3 is 0 Å². The summed E-state index contributed by atoms with van der Waals surface area (Å²) in [7, 11) is 0. The van der Waals surface area contributed by atoms with E-state index in [0.29, 0.717) is 0 Å². The van der Waals surface area contributed by atoms with Gasteiger partial charge in [-0.1, -0.05) is 146 Å². The first-order chi connectivity index (χ1) is 23.8. The van der Waals surface area contributed by atoms with Crippen molar-refractivity contribution in [2.24, 2.45) is 0 Å². The van der Waals surface area contributed by atoms with E-state index >= 15 is 0 Å². The van der Waals surface area contributed by atoms with Crippen LogP contribution in [-0.4, -0.2) is 0 Å². The van der Waals surface area contributed by atoms with Crippen LogP contribution in [0.4, 0.5) is 17.1 Å². The normalized spacial score (nSPS) is 11.3. The van der Waals surface area contributed by atoms with Gasteiger partial charge in [-0.15, -0.1) is 11.3 Å². The van der Waals surface area contributed by atoms with Crippen molar-refractivity contribution in [1.29, 1.82) is 0 Å². The van der Waals surface area contributed by atoms with E-state index in [4.69, 9.17) is 0 Å². The zero-order chi connectivity index (χ0) is 31.9. The second kappa shape index (κ2) is 12.0. The molecule has 48 heavy (non-hydrogen) atoms. The quantitative estimate of drug-likeness (QED) is 0.177. The molecule has 8 aromatic carbocycles. The minimum absolute atomic E-state index is 1.12. The summed E-state index contributed by atoms with van der Waals surface area (Å²) >= 11 is 1.88. The minimum Gasteiger partial charge on any atom is -0.310 e. The lowest BCUT2D eigenvalue weighted by Gasteiger charge is -2.26. The Labute approximate surface area is 284 Å². The number of rotatable bonds is 6. The highest BCUT2D eigenvalue weighted by molar-refractivity contribution is 7.26. The van der Waals surface area contributed by atoms with Crippen molar-refractivity contribution < 1.29 is 0 Å². The molecule has 0 aliphatic carbocycles. The minimum atomic E-state index is 1.12. The van der Waals surface area contributed by atoms with E-state index in [1.54, 1.807) is 0 Å². The van der Waals surface area contributed by atoms with Crippen molar-refractivity contribution >= 4 is 59.3 Å². The van der Waals surface area contributed by atoms with Gasteiger partial charge in [-0.25, -0.2) is 0 Å². The van der Waals surface area contributed by atoms with Crippen molar-refractivity contribution in [3.8, 4) is 33.4 Å². The number of anilines is 3. The van der Waals surface area contributed by atoms with Crippen LogP contribution in [0.5, 0.6) is 0 Å². The summed E-state index contributed by atoms with van der Waals surface area (Å²) in [5.41, 5.74) is 10.7. The molecule has 226 valence electrons. The van der Waals surface area contributed by atoms with Crippen LogP contribution >= 0.6 is 11.3 Å². The van der Waals surface area contributed by atoms with Crippen LogP contribution in [-0.2, 0) is 0 Å². The van der Waals surface area contributed by atoms with Gasteiger partial charge in [-0.05, 0) is 86.6 Å². The van der Waals surface area contributed by atoms with Crippen LogP contribution in [0.2, 0.25) is 0 Å². The van der Waals surface area contributed by atoms with Crippen LogP contribution < -0.4 is 4.90 Å². The van der Waals surface area contributed by atoms with Crippen molar-refractivity contribution in [2.75, 3.05) is 4.90 Å². The van der Waals surface area contributed by atoms with Gasteiger partial charge in [0.1, 0.15) is 0 Å². The van der Waals surface area contributed by atoms with Gasteiger partial charge in [0.05, 0.1) is 0 Å². The van der Waals surface area contributed by atoms with Crippen LogP contribution in [0.3, 0.4) is 0 Å². The lowest BCUT2D eigenvalue weighted by Crippen LogP contribution is -2.10. The number of thiophene rings is 1. The lowest BCUT2D eigenvalue weighted by molar-refractivity contribution is 1.29. The average Bonchev–Trinajstić information content (AvgIpc) is 3.52. The van der Waals surface area contributed by atoms with Gasteiger partial charge in [0.25, 0.3) is 0 Å². The predicted molar refractivity (Wildman–Crippen MR) is 208 cm³/mol. The summed E-state index contributed by atoms with van der Waals surface area (Å²) in [6.07, 6.45) is 0. The van der Waals surface area contributed by atoms with Crippen molar-refractivity contribution in [2.45, 2.75) is 0 Å². The van der Waals surface area contributed by atoms with E-state index in [0.717, 1.165) is 17.1 Å². The van der Waals surface area contributed by atoms with Gasteiger partial charge in [-0.3, -0.25) is 0 Å². The number of nitrogens with zero attached hydrogens (tertiary/aromatic N) is 1. The first kappa shape index (κ1) is 28.3. The molecular weight excluding hydrogens is 599 g/mol. The molecule has 0 spiro atoms. The number of hydrogen-bond donors (Lipinski definition) is 0. The van der Waals surface area contributed by atoms with Gasteiger partial charge in [-0.2, -0.15) is 0 Å². The molecule has 0 aliphatic rings. The van der Waals surface area contributed by atoms with E-state index in [1.807, 2.05) is 11.3 Å². The molecule has 1 aromatic heterocycles. The monoisotopic (exact) mass is 629 g/mol. The molecule has 1 heterocycles. The molecule has 0 saturated heterocycles. The van der Waals surface area contributed by atoms with Gasteiger partial charge < -0.3 is 4.90 Å². The van der Waals surface area contributed by atoms with Crippen LogP contribution in [0.25, 0.3) is 64.3 Å². The highest BCUT2D eigenvalue weighted by Gasteiger charge is 2.19. The summed E-state index contributed by atoms with van der Waals surface area (Å²) in [6, 6.07) is 68.0. The number of benzene rings is 8. The second-order valence-electron chi connectivity index (χ2n) is 12.2. The van der Waals surface area contributed by atoms with Crippen LogP contribution in [0, 0.1) is 0 Å². The average molecular weight is 630 g/mol. The van der Waals surface area contributed by atoms with Gasteiger partial charge in [0.2, 0.25) is 0 Å². The third-order valence-electron chi connectivity index (χ3n) is 9.21. The highest BCUT2D eigenvalue weighted by Crippen LogP contribution is 2.46. The van der Waals surface area contributed by atoms with Crippen LogP contribution in [0.1, 0.15) is 0 Å². The standard InChI is InChI=1S/C46H31NS/c1-4-14-32(15-5-1)35-21-12-23-38(28-35)47(39-24-13-22-36(29-39)33-16-6-2-7-17-33)40-26-27-42-43(31-40)48-44-30-37-20-10-11-25-41(37)45(46(42)44)34-18-8-3-9-19-34/h1-31H. The largest absolute Gasteiger partial charge is 0.310 e. The Bertz CT molecular complexity index is 2470. The maximum absolute atomic E-state index is 2.40. The zero-order valence-corrected chi connectivity index (χ0v) is 27.1. The number of hydrogen-bond acceptors (Lipinski definition) is 2.